The van der Waals surface area contributed by atoms with Gasteiger partial charge in [0.15, 0.2) is 6.61 Å². The molecule has 3 rings (SSSR count). The van der Waals surface area contributed by atoms with Gasteiger partial charge in [-0.3, -0.25) is 9.59 Å². The van der Waals surface area contributed by atoms with E-state index in [1.54, 1.807) is 4.90 Å². The molecule has 130 valence electrons. The van der Waals surface area contributed by atoms with Crippen LogP contribution in [0.4, 0.5) is 5.69 Å². The summed E-state index contributed by atoms with van der Waals surface area (Å²) in [6.07, 6.45) is 1.24. The Kier molecular flexibility index (Phi) is 4.83. The van der Waals surface area contributed by atoms with E-state index in [4.69, 9.17) is 10.5 Å². The lowest BCUT2D eigenvalue weighted by Crippen LogP contribution is -2.42. The zero-order valence-corrected chi connectivity index (χ0v) is 15.3. The predicted molar refractivity (Wildman–Crippen MR) is 95.0 cm³/mol. The fourth-order valence-electron chi connectivity index (χ4n) is 3.19. The van der Waals surface area contributed by atoms with Crippen molar-refractivity contribution in [2.75, 3.05) is 37.7 Å². The quantitative estimate of drug-likeness (QED) is 0.842. The van der Waals surface area contributed by atoms with E-state index < -0.39 is 0 Å². The maximum absolute atomic E-state index is 12.5. The maximum Gasteiger partial charge on any atom is 0.265 e. The van der Waals surface area contributed by atoms with Gasteiger partial charge in [0.25, 0.3) is 5.91 Å². The van der Waals surface area contributed by atoms with Gasteiger partial charge in [-0.1, -0.05) is 22.9 Å². The molecule has 1 atom stereocenters. The first-order valence-corrected chi connectivity index (χ1v) is 8.92. The van der Waals surface area contributed by atoms with Gasteiger partial charge in [0.2, 0.25) is 5.91 Å². The van der Waals surface area contributed by atoms with Crippen LogP contribution in [0.15, 0.2) is 22.7 Å². The van der Waals surface area contributed by atoms with Gasteiger partial charge in [-0.15, -0.1) is 0 Å². The van der Waals surface area contributed by atoms with Gasteiger partial charge < -0.3 is 20.3 Å². The first kappa shape index (κ1) is 17.2. The number of carbonyl (C=O) groups is 2. The van der Waals surface area contributed by atoms with E-state index in [1.165, 1.54) is 0 Å². The lowest BCUT2D eigenvalue weighted by Gasteiger charge is -2.30. The molecule has 0 aliphatic carbocycles. The summed E-state index contributed by atoms with van der Waals surface area (Å²) in [5.74, 6) is 0.615. The predicted octanol–water partition coefficient (Wildman–Crippen LogP) is 1.76. The van der Waals surface area contributed by atoms with Gasteiger partial charge in [-0.05, 0) is 36.6 Å². The fraction of sp³-hybridized carbons (Fsp3) is 0.529. The summed E-state index contributed by atoms with van der Waals surface area (Å²) in [5.41, 5.74) is 6.53. The molecule has 2 heterocycles. The van der Waals surface area contributed by atoms with E-state index in [-0.39, 0.29) is 23.8 Å². The molecule has 1 aromatic rings. The number of amides is 2. The van der Waals surface area contributed by atoms with Crippen molar-refractivity contribution >= 4 is 33.4 Å². The van der Waals surface area contributed by atoms with Gasteiger partial charge >= 0.3 is 0 Å². The Bertz CT molecular complexity index is 666. The molecule has 1 aromatic carbocycles. The van der Waals surface area contributed by atoms with Gasteiger partial charge in [0.05, 0.1) is 5.69 Å². The lowest BCUT2D eigenvalue weighted by molar-refractivity contribution is -0.130. The molecule has 2 amide bonds. The Labute approximate surface area is 150 Å². The molecule has 0 aromatic heterocycles. The third kappa shape index (κ3) is 3.42. The van der Waals surface area contributed by atoms with Crippen LogP contribution in [0.25, 0.3) is 0 Å². The minimum Gasteiger partial charge on any atom is -0.482 e. The van der Waals surface area contributed by atoms with Crippen LogP contribution in [-0.4, -0.2) is 49.5 Å². The second-order valence-corrected chi connectivity index (χ2v) is 7.69. The Morgan fingerprint density at radius 1 is 1.46 bits per heavy atom. The number of likely N-dealkylation sites (tertiary alicyclic amines) is 1. The SMILES string of the molecule is CC1(CN)CCN(C(=O)CCN2C(=O)COc3cc(Br)ccc32)C1. The maximum atomic E-state index is 12.5. The Morgan fingerprint density at radius 2 is 2.25 bits per heavy atom. The highest BCUT2D eigenvalue weighted by Crippen LogP contribution is 2.35. The first-order chi connectivity index (χ1) is 11.4. The lowest BCUT2D eigenvalue weighted by atomic mass is 9.90. The average Bonchev–Trinajstić information content (AvgIpc) is 2.97. The normalized spacial score (nSPS) is 23.2. The van der Waals surface area contributed by atoms with E-state index in [0.717, 1.165) is 23.1 Å². The van der Waals surface area contributed by atoms with Crippen LogP contribution >= 0.6 is 15.9 Å². The number of hydrogen-bond donors (Lipinski definition) is 1. The van der Waals surface area contributed by atoms with Crippen molar-refractivity contribution in [1.29, 1.82) is 0 Å². The molecule has 24 heavy (non-hydrogen) atoms. The minimum atomic E-state index is -0.120. The van der Waals surface area contributed by atoms with E-state index >= 15 is 0 Å². The second-order valence-electron chi connectivity index (χ2n) is 6.78. The third-order valence-corrected chi connectivity index (χ3v) is 5.31. The molecule has 1 fully saturated rings. The van der Waals surface area contributed by atoms with Crippen molar-refractivity contribution in [3.8, 4) is 5.75 Å². The standard InChI is InChI=1S/C17H22BrN3O3/c1-17(10-19)5-7-20(11-17)15(22)4-6-21-13-3-2-12(18)8-14(13)24-9-16(21)23/h2-3,8H,4-7,9-11,19H2,1H3. The monoisotopic (exact) mass is 395 g/mol. The summed E-state index contributed by atoms with van der Waals surface area (Å²) in [5, 5.41) is 0. The number of ether oxygens (including phenoxy) is 1. The van der Waals surface area contributed by atoms with Crippen molar-refractivity contribution in [3.63, 3.8) is 0 Å². The number of nitrogens with zero attached hydrogens (tertiary/aromatic N) is 2. The van der Waals surface area contributed by atoms with Crippen LogP contribution in [0.5, 0.6) is 5.75 Å². The van der Waals surface area contributed by atoms with Crippen molar-refractivity contribution in [1.82, 2.24) is 4.90 Å². The number of benzene rings is 1. The molecular weight excluding hydrogens is 374 g/mol. The number of carbonyl (C=O) groups excluding carboxylic acids is 2. The highest BCUT2D eigenvalue weighted by Gasteiger charge is 2.35. The summed E-state index contributed by atoms with van der Waals surface area (Å²) >= 11 is 3.40. The van der Waals surface area contributed by atoms with Crippen molar-refractivity contribution in [3.05, 3.63) is 22.7 Å². The van der Waals surface area contributed by atoms with Crippen LogP contribution < -0.4 is 15.4 Å². The molecular formula is C17H22BrN3O3. The largest absolute Gasteiger partial charge is 0.482 e. The second kappa shape index (κ2) is 6.72. The van der Waals surface area contributed by atoms with Crippen molar-refractivity contribution < 1.29 is 14.3 Å². The van der Waals surface area contributed by atoms with Gasteiger partial charge in [0.1, 0.15) is 5.75 Å². The third-order valence-electron chi connectivity index (χ3n) is 4.82. The summed E-state index contributed by atoms with van der Waals surface area (Å²) < 4.78 is 6.36. The molecule has 2 aliphatic heterocycles. The number of hydrogen-bond acceptors (Lipinski definition) is 4. The smallest absolute Gasteiger partial charge is 0.265 e. The number of nitrogens with two attached hydrogens (primary N) is 1. The molecule has 0 radical (unpaired) electrons. The summed E-state index contributed by atoms with van der Waals surface area (Å²) in [4.78, 5) is 28.1. The Morgan fingerprint density at radius 3 is 2.96 bits per heavy atom. The molecule has 2 aliphatic rings. The van der Waals surface area contributed by atoms with Gasteiger partial charge in [-0.25, -0.2) is 0 Å². The highest BCUT2D eigenvalue weighted by atomic mass is 79.9. The molecule has 0 spiro atoms. The van der Waals surface area contributed by atoms with Crippen molar-refractivity contribution in [2.45, 2.75) is 19.8 Å². The summed E-state index contributed by atoms with van der Waals surface area (Å²) in [6, 6.07) is 5.54. The number of rotatable bonds is 4. The molecule has 0 saturated carbocycles. The van der Waals surface area contributed by atoms with E-state index in [1.807, 2.05) is 23.1 Å². The van der Waals surface area contributed by atoms with Gasteiger partial charge in [0, 0.05) is 30.5 Å². The molecule has 2 N–H and O–H groups in total. The van der Waals surface area contributed by atoms with Crippen molar-refractivity contribution in [2.24, 2.45) is 11.1 Å². The average molecular weight is 396 g/mol. The fourth-order valence-corrected chi connectivity index (χ4v) is 3.53. The highest BCUT2D eigenvalue weighted by molar-refractivity contribution is 9.10. The van der Waals surface area contributed by atoms with Crippen LogP contribution in [0.2, 0.25) is 0 Å². The van der Waals surface area contributed by atoms with Crippen LogP contribution in [0.1, 0.15) is 19.8 Å². The van der Waals surface area contributed by atoms with Crippen LogP contribution in [0, 0.1) is 5.41 Å². The minimum absolute atomic E-state index is 0.00655. The molecule has 0 bridgehead atoms. The topological polar surface area (TPSA) is 75.9 Å². The number of fused-ring (bicyclic) bond motifs is 1. The van der Waals surface area contributed by atoms with Crippen LogP contribution in [0.3, 0.4) is 0 Å². The van der Waals surface area contributed by atoms with E-state index in [0.29, 0.717) is 31.8 Å². The zero-order chi connectivity index (χ0) is 17.3. The Balaban J connectivity index is 1.65. The Hall–Kier alpha value is -1.60. The molecule has 6 nitrogen and oxygen atoms in total. The van der Waals surface area contributed by atoms with Gasteiger partial charge in [-0.2, -0.15) is 0 Å². The molecule has 7 heteroatoms. The van der Waals surface area contributed by atoms with E-state index in [9.17, 15) is 9.59 Å². The summed E-state index contributed by atoms with van der Waals surface area (Å²) in [6.45, 7) is 4.51. The molecule has 1 unspecified atom stereocenters. The number of anilines is 1. The van der Waals surface area contributed by atoms with Crippen LogP contribution in [-0.2, 0) is 9.59 Å². The first-order valence-electron chi connectivity index (χ1n) is 8.12. The zero-order valence-electron chi connectivity index (χ0n) is 13.8. The summed E-state index contributed by atoms with van der Waals surface area (Å²) in [7, 11) is 0. The number of halogens is 1. The molecule has 1 saturated heterocycles. The van der Waals surface area contributed by atoms with E-state index in [2.05, 4.69) is 22.9 Å².